The Bertz CT molecular complexity index is 1130. The second kappa shape index (κ2) is 8.64. The van der Waals surface area contributed by atoms with Crippen molar-refractivity contribution >= 4 is 10.0 Å². The molecule has 0 radical (unpaired) electrons. The molecule has 1 aromatic carbocycles. The van der Waals surface area contributed by atoms with E-state index in [0.29, 0.717) is 19.0 Å². The molecule has 0 spiro atoms. The Morgan fingerprint density at radius 1 is 1.16 bits per heavy atom. The van der Waals surface area contributed by atoms with Crippen molar-refractivity contribution in [3.63, 3.8) is 0 Å². The van der Waals surface area contributed by atoms with E-state index in [1.54, 1.807) is 22.1 Å². The summed E-state index contributed by atoms with van der Waals surface area (Å²) in [6.45, 7) is 1.85. The molecule has 0 amide bonds. The number of imidazole rings is 1. The third kappa shape index (κ3) is 4.11. The summed E-state index contributed by atoms with van der Waals surface area (Å²) in [7, 11) is -1.88. The van der Waals surface area contributed by atoms with Crippen molar-refractivity contribution in [2.45, 2.75) is 48.7 Å². The van der Waals surface area contributed by atoms with Crippen molar-refractivity contribution in [2.24, 2.45) is 13.0 Å². The van der Waals surface area contributed by atoms with Crippen LogP contribution in [0.4, 0.5) is 0 Å². The molecule has 1 aromatic heterocycles. The number of rotatable bonds is 4. The van der Waals surface area contributed by atoms with Gasteiger partial charge >= 0.3 is 0 Å². The summed E-state index contributed by atoms with van der Waals surface area (Å²) in [5, 5.41) is 10.2. The van der Waals surface area contributed by atoms with E-state index in [1.807, 2.05) is 12.1 Å². The number of hydrogen-bond acceptors (Lipinski definition) is 5. The Morgan fingerprint density at radius 2 is 1.91 bits per heavy atom. The summed E-state index contributed by atoms with van der Waals surface area (Å²) in [5.41, 5.74) is 2.15. The highest BCUT2D eigenvalue weighted by Crippen LogP contribution is 2.42. The average Bonchev–Trinajstić information content (AvgIpc) is 3.49. The zero-order valence-corrected chi connectivity index (χ0v) is 19.2. The van der Waals surface area contributed by atoms with Gasteiger partial charge in [0, 0.05) is 55.8 Å². The van der Waals surface area contributed by atoms with Gasteiger partial charge in [0.25, 0.3) is 10.0 Å². The molecule has 0 unspecified atom stereocenters. The Labute approximate surface area is 190 Å². The smallest absolute Gasteiger partial charge is 0.262 e. The number of aromatic nitrogens is 2. The van der Waals surface area contributed by atoms with Crippen molar-refractivity contribution in [1.82, 2.24) is 18.8 Å². The van der Waals surface area contributed by atoms with Crippen molar-refractivity contribution in [2.75, 3.05) is 26.2 Å². The van der Waals surface area contributed by atoms with Crippen molar-refractivity contribution in [1.29, 1.82) is 0 Å². The van der Waals surface area contributed by atoms with Gasteiger partial charge in [0.1, 0.15) is 0 Å². The van der Waals surface area contributed by atoms with Crippen LogP contribution >= 0.6 is 0 Å². The Kier molecular flexibility index (Phi) is 5.84. The summed E-state index contributed by atoms with van der Waals surface area (Å²) in [6, 6.07) is 8.34. The van der Waals surface area contributed by atoms with Crippen LogP contribution in [-0.4, -0.2) is 70.6 Å². The maximum absolute atomic E-state index is 13.3. The number of fused-ring (bicyclic) bond motifs is 1. The monoisotopic (exact) mass is 454 g/mol. The number of benzene rings is 1. The second-order valence-corrected chi connectivity index (χ2v) is 11.1. The van der Waals surface area contributed by atoms with E-state index in [2.05, 4.69) is 33.9 Å². The van der Waals surface area contributed by atoms with Gasteiger partial charge in [-0.3, -0.25) is 4.90 Å². The minimum absolute atomic E-state index is 0.0147. The highest BCUT2D eigenvalue weighted by molar-refractivity contribution is 7.89. The minimum atomic E-state index is -3.66. The lowest BCUT2D eigenvalue weighted by atomic mass is 9.74. The van der Waals surface area contributed by atoms with Crippen LogP contribution in [0, 0.1) is 17.8 Å². The van der Waals surface area contributed by atoms with E-state index >= 15 is 0 Å². The summed E-state index contributed by atoms with van der Waals surface area (Å²) >= 11 is 0. The van der Waals surface area contributed by atoms with E-state index in [-0.39, 0.29) is 29.6 Å². The van der Waals surface area contributed by atoms with Crippen LogP contribution in [0.2, 0.25) is 0 Å². The molecule has 0 bridgehead atoms. The van der Waals surface area contributed by atoms with E-state index in [4.69, 9.17) is 0 Å². The van der Waals surface area contributed by atoms with Crippen molar-refractivity contribution < 1.29 is 13.5 Å². The fraction of sp³-hybridized carbons (Fsp3) is 0.542. The number of aliphatic hydroxyl groups excluding tert-OH is 1. The number of nitrogens with zero attached hydrogens (tertiary/aromatic N) is 4. The van der Waals surface area contributed by atoms with Crippen LogP contribution in [0.3, 0.4) is 0 Å². The van der Waals surface area contributed by atoms with Gasteiger partial charge in [-0.25, -0.2) is 13.4 Å². The first-order valence-electron chi connectivity index (χ1n) is 11.4. The van der Waals surface area contributed by atoms with Crippen molar-refractivity contribution in [3.8, 4) is 11.8 Å². The number of hydrogen-bond donors (Lipinski definition) is 1. The Hall–Kier alpha value is -2.18. The van der Waals surface area contributed by atoms with Gasteiger partial charge in [0.2, 0.25) is 0 Å². The van der Waals surface area contributed by atoms with Crippen molar-refractivity contribution in [3.05, 3.63) is 47.9 Å². The zero-order valence-electron chi connectivity index (χ0n) is 18.4. The summed E-state index contributed by atoms with van der Waals surface area (Å²) in [6.07, 6.45) is 7.20. The molecule has 3 aliphatic rings. The zero-order chi connectivity index (χ0) is 22.3. The Morgan fingerprint density at radius 3 is 2.56 bits per heavy atom. The van der Waals surface area contributed by atoms with Crippen LogP contribution in [0.1, 0.15) is 42.7 Å². The molecule has 3 heterocycles. The first kappa shape index (κ1) is 21.7. The van der Waals surface area contributed by atoms with Gasteiger partial charge in [-0.15, -0.1) is 0 Å². The molecule has 5 rings (SSSR count). The van der Waals surface area contributed by atoms with E-state index < -0.39 is 10.0 Å². The van der Waals surface area contributed by atoms with Gasteiger partial charge in [-0.2, -0.15) is 4.31 Å². The van der Waals surface area contributed by atoms with E-state index in [9.17, 15) is 13.5 Å². The highest BCUT2D eigenvalue weighted by Gasteiger charge is 2.50. The number of sulfonamides is 1. The second-order valence-electron chi connectivity index (χ2n) is 9.19. The predicted octanol–water partition coefficient (Wildman–Crippen LogP) is 1.79. The number of aliphatic hydroxyl groups is 1. The van der Waals surface area contributed by atoms with Gasteiger partial charge < -0.3 is 9.67 Å². The third-order valence-corrected chi connectivity index (χ3v) is 8.66. The SMILES string of the molecule is Cn1cnc(S(=O)(=O)N2CCCCN3[C@H](CO)[C@H](c4ccc(C#CC5CC5)cc4)[C@H]3C2)c1. The minimum Gasteiger partial charge on any atom is -0.395 e. The fourth-order valence-corrected chi connectivity index (χ4v) is 6.45. The molecule has 1 N–H and O–H groups in total. The summed E-state index contributed by atoms with van der Waals surface area (Å²) in [5.74, 6) is 7.19. The van der Waals surface area contributed by atoms with Gasteiger partial charge in [0.15, 0.2) is 5.03 Å². The lowest BCUT2D eigenvalue weighted by Gasteiger charge is -2.57. The molecule has 3 fully saturated rings. The molecule has 2 aromatic rings. The van der Waals surface area contributed by atoms with Gasteiger partial charge in [-0.1, -0.05) is 24.0 Å². The van der Waals surface area contributed by atoms with E-state index in [0.717, 1.165) is 30.5 Å². The van der Waals surface area contributed by atoms with Gasteiger partial charge in [-0.05, 0) is 49.9 Å². The molecule has 8 heteroatoms. The van der Waals surface area contributed by atoms with Crippen LogP contribution in [0.5, 0.6) is 0 Å². The molecule has 1 saturated carbocycles. The predicted molar refractivity (Wildman–Crippen MR) is 121 cm³/mol. The van der Waals surface area contributed by atoms with Crippen LogP contribution in [0.25, 0.3) is 0 Å². The molecular formula is C24H30N4O3S. The standard InChI is InChI=1S/C24H30N4O3S/c1-26-15-23(25-17-26)32(30,31)27-12-2-3-13-28-21(14-27)24(22(28)16-29)20-10-8-19(9-11-20)7-6-18-4-5-18/h8-11,15,17-18,21-22,24,29H,2-5,12-14,16H2,1H3/t21-,22-,24-/m1/s1. The third-order valence-electron chi connectivity index (χ3n) is 6.91. The summed E-state index contributed by atoms with van der Waals surface area (Å²) < 4.78 is 29.8. The van der Waals surface area contributed by atoms with Crippen LogP contribution in [0.15, 0.2) is 41.8 Å². The molecule has 7 nitrogen and oxygen atoms in total. The molecule has 32 heavy (non-hydrogen) atoms. The highest BCUT2D eigenvalue weighted by atomic mass is 32.2. The summed E-state index contributed by atoms with van der Waals surface area (Å²) in [4.78, 5) is 6.38. The lowest BCUT2D eigenvalue weighted by Crippen LogP contribution is -2.67. The maximum Gasteiger partial charge on any atom is 0.262 e. The largest absolute Gasteiger partial charge is 0.395 e. The first-order valence-corrected chi connectivity index (χ1v) is 12.9. The van der Waals surface area contributed by atoms with E-state index in [1.165, 1.54) is 19.2 Å². The fourth-order valence-electron chi connectivity index (χ4n) is 4.98. The first-order chi connectivity index (χ1) is 15.5. The van der Waals surface area contributed by atoms with Crippen LogP contribution < -0.4 is 0 Å². The molecule has 1 aliphatic carbocycles. The topological polar surface area (TPSA) is 78.7 Å². The van der Waals surface area contributed by atoms with Gasteiger partial charge in [0.05, 0.1) is 12.9 Å². The van der Waals surface area contributed by atoms with Crippen LogP contribution in [-0.2, 0) is 17.1 Å². The quantitative estimate of drug-likeness (QED) is 0.713. The molecular weight excluding hydrogens is 424 g/mol. The average molecular weight is 455 g/mol. The molecule has 3 atom stereocenters. The number of aryl methyl sites for hydroxylation is 1. The maximum atomic E-state index is 13.3. The molecule has 2 saturated heterocycles. The Balaban J connectivity index is 1.39. The normalized spacial score (nSPS) is 26.9. The lowest BCUT2D eigenvalue weighted by molar-refractivity contribution is -0.0554. The molecule has 2 aliphatic heterocycles. The molecule has 170 valence electrons.